The van der Waals surface area contributed by atoms with Crippen LogP contribution in [0.4, 0.5) is 0 Å². The molecule has 0 bridgehead atoms. The Morgan fingerprint density at radius 2 is 1.20 bits per heavy atom. The van der Waals surface area contributed by atoms with Gasteiger partial charge in [0, 0.05) is 4.88 Å². The maximum Gasteiger partial charge on any atom is 0.00797 e. The molecule has 0 aliphatic heterocycles. The normalized spacial score (nSPS) is 10.7. The maximum atomic E-state index is 2.41. The monoisotopic (exact) mass is 360 g/mol. The first-order chi connectivity index (χ1) is 12.3. The minimum absolute atomic E-state index is 1.24. The molecule has 142 valence electrons. The molecule has 25 heavy (non-hydrogen) atoms. The third kappa shape index (κ3) is 8.40. The lowest BCUT2D eigenvalue weighted by molar-refractivity contribution is 0.727. The molecule has 0 amide bonds. The van der Waals surface area contributed by atoms with Crippen LogP contribution >= 0.6 is 11.3 Å². The predicted octanol–water partition coefficient (Wildman–Crippen LogP) is 8.24. The molecule has 0 aromatic carbocycles. The van der Waals surface area contributed by atoms with Crippen LogP contribution in [-0.2, 0) is 25.7 Å². The lowest BCUT2D eigenvalue weighted by atomic mass is 9.91. The van der Waals surface area contributed by atoms with E-state index in [0.717, 1.165) is 0 Å². The van der Waals surface area contributed by atoms with E-state index < -0.39 is 0 Å². The van der Waals surface area contributed by atoms with Gasteiger partial charge in [-0.25, -0.2) is 0 Å². The van der Waals surface area contributed by atoms with Gasteiger partial charge in [-0.2, -0.15) is 0 Å². The molecule has 0 N–H and O–H groups in total. The van der Waals surface area contributed by atoms with E-state index in [-0.39, 0.29) is 0 Å². The summed E-state index contributed by atoms with van der Waals surface area (Å²) in [6, 6.07) is 6.92. The quantitative estimate of drug-likeness (QED) is 0.352. The smallest absolute Gasteiger partial charge is 0.00797 e. The van der Waals surface area contributed by atoms with Crippen molar-refractivity contribution < 1.29 is 0 Å². The first-order valence-corrected chi connectivity index (χ1v) is 11.6. The van der Waals surface area contributed by atoms with Crippen molar-refractivity contribution in [2.24, 2.45) is 0 Å². The summed E-state index contributed by atoms with van der Waals surface area (Å²) in [5, 5.41) is 2.30. The molecule has 0 nitrogen and oxygen atoms in total. The van der Waals surface area contributed by atoms with Crippen LogP contribution in [0.15, 0.2) is 23.6 Å². The van der Waals surface area contributed by atoms with Gasteiger partial charge in [0.2, 0.25) is 0 Å². The second kappa shape index (κ2) is 14.4. The Kier molecular flexibility index (Phi) is 12.8. The highest BCUT2D eigenvalue weighted by Gasteiger charge is 2.11. The van der Waals surface area contributed by atoms with E-state index in [4.69, 9.17) is 0 Å². The van der Waals surface area contributed by atoms with Crippen molar-refractivity contribution in [3.63, 3.8) is 0 Å². The minimum Gasteiger partial charge on any atom is -0.149 e. The van der Waals surface area contributed by atoms with E-state index >= 15 is 0 Å². The van der Waals surface area contributed by atoms with Crippen molar-refractivity contribution in [3.8, 4) is 0 Å². The van der Waals surface area contributed by atoms with Gasteiger partial charge >= 0.3 is 0 Å². The molecule has 0 aliphatic carbocycles. The number of hydrogen-bond acceptors (Lipinski definition) is 1. The zero-order valence-electron chi connectivity index (χ0n) is 17.2. The Hall–Kier alpha value is -0.820. The van der Waals surface area contributed by atoms with E-state index in [1.54, 1.807) is 21.6 Å². The third-order valence-corrected chi connectivity index (χ3v) is 5.93. The molecular weight excluding hydrogens is 320 g/mol. The first-order valence-electron chi connectivity index (χ1n) is 10.7. The summed E-state index contributed by atoms with van der Waals surface area (Å²) in [7, 11) is 0. The Bertz CT molecular complexity index is 466. The number of unbranched alkanes of at least 4 members (excludes halogenated alkanes) is 4. The molecule has 0 radical (unpaired) electrons. The molecule has 1 rings (SSSR count). The fourth-order valence-corrected chi connectivity index (χ4v) is 4.29. The molecule has 0 atom stereocenters. The number of aryl methyl sites for hydroxylation is 2. The van der Waals surface area contributed by atoms with Gasteiger partial charge in [0.25, 0.3) is 0 Å². The van der Waals surface area contributed by atoms with Crippen molar-refractivity contribution in [2.45, 2.75) is 105 Å². The van der Waals surface area contributed by atoms with Gasteiger partial charge < -0.3 is 0 Å². The molecule has 0 spiro atoms. The van der Waals surface area contributed by atoms with Gasteiger partial charge in [0.05, 0.1) is 0 Å². The molecule has 0 unspecified atom stereocenters. The van der Waals surface area contributed by atoms with Crippen LogP contribution in [0.5, 0.6) is 0 Å². The zero-order valence-corrected chi connectivity index (χ0v) is 18.0. The highest BCUT2D eigenvalue weighted by molar-refractivity contribution is 7.09. The largest absolute Gasteiger partial charge is 0.149 e. The van der Waals surface area contributed by atoms with Gasteiger partial charge in [-0.1, -0.05) is 71.6 Å². The summed E-state index contributed by atoms with van der Waals surface area (Å²) in [6.45, 7) is 9.26. The van der Waals surface area contributed by atoms with Crippen LogP contribution in [0, 0.1) is 0 Å². The minimum atomic E-state index is 1.24. The van der Waals surface area contributed by atoms with Gasteiger partial charge in [-0.15, -0.1) is 11.3 Å². The standard InChI is InChI=1S/C24H40S/c1-5-9-15-21-16-13-14-20-25-24(19-12-8-4)23(18-11-7-3)22(21)17-10-6-2/h13-14,16,20H,5-12,15,17-19H2,1-4H3. The van der Waals surface area contributed by atoms with E-state index in [2.05, 4.69) is 51.3 Å². The summed E-state index contributed by atoms with van der Waals surface area (Å²) in [5.41, 5.74) is 5.01. The molecule has 0 aliphatic rings. The molecular formula is C24H40S. The summed E-state index contributed by atoms with van der Waals surface area (Å²) < 4.78 is 0. The van der Waals surface area contributed by atoms with E-state index in [0.29, 0.717) is 0 Å². The highest BCUT2D eigenvalue weighted by atomic mass is 32.1. The molecule has 1 aromatic rings. The fourth-order valence-electron chi connectivity index (χ4n) is 3.33. The second-order valence-corrected chi connectivity index (χ2v) is 8.13. The van der Waals surface area contributed by atoms with Crippen molar-refractivity contribution in [2.75, 3.05) is 0 Å². The SMILES string of the molecule is CCCCc1ccccsc(CCCC)c(CCCC)c1CCCC. The molecule has 1 heteroatoms. The third-order valence-electron chi connectivity index (χ3n) is 4.90. The van der Waals surface area contributed by atoms with E-state index in [9.17, 15) is 0 Å². The zero-order chi connectivity index (χ0) is 18.3. The Morgan fingerprint density at radius 3 is 1.84 bits per heavy atom. The number of rotatable bonds is 12. The maximum absolute atomic E-state index is 2.41. The Labute approximate surface area is 161 Å². The number of hydrogen-bond donors (Lipinski definition) is 0. The van der Waals surface area contributed by atoms with Crippen molar-refractivity contribution in [3.05, 3.63) is 45.1 Å². The average Bonchev–Trinajstić information content (AvgIpc) is 2.70. The van der Waals surface area contributed by atoms with Crippen LogP contribution in [0.1, 0.15) is 101 Å². The van der Waals surface area contributed by atoms with Crippen LogP contribution in [0.2, 0.25) is 0 Å². The first kappa shape index (κ1) is 22.2. The van der Waals surface area contributed by atoms with Crippen LogP contribution in [-0.4, -0.2) is 0 Å². The van der Waals surface area contributed by atoms with Crippen molar-refractivity contribution in [1.82, 2.24) is 0 Å². The molecule has 0 saturated heterocycles. The van der Waals surface area contributed by atoms with Crippen molar-refractivity contribution >= 4 is 11.3 Å². The van der Waals surface area contributed by atoms with Crippen LogP contribution in [0.3, 0.4) is 0 Å². The topological polar surface area (TPSA) is 0 Å². The summed E-state index contributed by atoms with van der Waals surface area (Å²) in [6.07, 6.45) is 15.4. The lowest BCUT2D eigenvalue weighted by Gasteiger charge is -2.16. The van der Waals surface area contributed by atoms with Crippen molar-refractivity contribution in [1.29, 1.82) is 0 Å². The average molecular weight is 361 g/mol. The summed E-state index contributed by atoms with van der Waals surface area (Å²) >= 11 is 1.99. The van der Waals surface area contributed by atoms with Gasteiger partial charge in [0.15, 0.2) is 0 Å². The summed E-state index contributed by atoms with van der Waals surface area (Å²) in [5.74, 6) is 0. The van der Waals surface area contributed by atoms with E-state index in [1.807, 2.05) is 11.3 Å². The van der Waals surface area contributed by atoms with Gasteiger partial charge in [-0.3, -0.25) is 0 Å². The summed E-state index contributed by atoms with van der Waals surface area (Å²) in [4.78, 5) is 1.65. The van der Waals surface area contributed by atoms with Crippen LogP contribution in [0.25, 0.3) is 0 Å². The molecule has 0 fully saturated rings. The predicted molar refractivity (Wildman–Crippen MR) is 116 cm³/mol. The van der Waals surface area contributed by atoms with Gasteiger partial charge in [-0.05, 0) is 73.4 Å². The van der Waals surface area contributed by atoms with E-state index in [1.165, 1.54) is 77.0 Å². The highest BCUT2D eigenvalue weighted by Crippen LogP contribution is 2.26. The van der Waals surface area contributed by atoms with Crippen LogP contribution < -0.4 is 0 Å². The van der Waals surface area contributed by atoms with Gasteiger partial charge in [0.1, 0.15) is 0 Å². The molecule has 1 heterocycles. The lowest BCUT2D eigenvalue weighted by Crippen LogP contribution is -2.03. The molecule has 0 saturated carbocycles. The Balaban J connectivity index is 3.51. The molecule has 1 aromatic heterocycles. The Morgan fingerprint density at radius 1 is 0.640 bits per heavy atom. The fraction of sp³-hybridized carbons (Fsp3) is 0.667. The second-order valence-electron chi connectivity index (χ2n) is 7.13.